The van der Waals surface area contributed by atoms with Gasteiger partial charge in [0.25, 0.3) is 10.0 Å². The first-order valence-corrected chi connectivity index (χ1v) is 10.7. The van der Waals surface area contributed by atoms with Crippen molar-refractivity contribution in [2.75, 3.05) is 10.0 Å². The third-order valence-electron chi connectivity index (χ3n) is 5.16. The van der Waals surface area contributed by atoms with Crippen LogP contribution in [0, 0.1) is 17.8 Å². The zero-order valence-electron chi connectivity index (χ0n) is 13.5. The number of hydrogen-bond donors (Lipinski definition) is 2. The molecule has 2 aromatic rings. The van der Waals surface area contributed by atoms with Gasteiger partial charge in [0.2, 0.25) is 5.91 Å². The highest BCUT2D eigenvalue weighted by Gasteiger charge is 2.43. The van der Waals surface area contributed by atoms with Crippen LogP contribution in [-0.2, 0) is 14.8 Å². The molecule has 1 heterocycles. The summed E-state index contributed by atoms with van der Waals surface area (Å²) in [6.07, 6.45) is 6.12. The summed E-state index contributed by atoms with van der Waals surface area (Å²) in [5.41, 5.74) is 0.626. The predicted octanol–water partition coefficient (Wildman–Crippen LogP) is 3.32. The van der Waals surface area contributed by atoms with Gasteiger partial charge in [0, 0.05) is 23.2 Å². The zero-order valence-corrected chi connectivity index (χ0v) is 15.1. The number of nitrogens with zero attached hydrogens (tertiary/aromatic N) is 1. The SMILES string of the molecule is O=C(Nc1ccc(S(=O)(=O)Nc2nccs2)cc1)[C@@H]1C[C@H]2CC[C@H]1C2. The molecule has 2 bridgehead atoms. The lowest BCUT2D eigenvalue weighted by atomic mass is 9.88. The van der Waals surface area contributed by atoms with Gasteiger partial charge in [-0.1, -0.05) is 6.42 Å². The second-order valence-corrected chi connectivity index (χ2v) is 9.31. The number of rotatable bonds is 5. The van der Waals surface area contributed by atoms with E-state index in [4.69, 9.17) is 0 Å². The van der Waals surface area contributed by atoms with Crippen LogP contribution in [0.1, 0.15) is 25.7 Å². The standard InChI is InChI=1S/C17H19N3O3S2/c21-16(15-10-11-1-2-12(15)9-11)19-13-3-5-14(6-4-13)25(22,23)20-17-18-7-8-24-17/h3-8,11-12,15H,1-2,9-10H2,(H,18,20)(H,19,21)/t11-,12-,15+/m0/s1. The molecule has 0 unspecified atom stereocenters. The van der Waals surface area contributed by atoms with Crippen molar-refractivity contribution < 1.29 is 13.2 Å². The highest BCUT2D eigenvalue weighted by Crippen LogP contribution is 2.48. The minimum atomic E-state index is -3.67. The fourth-order valence-corrected chi connectivity index (χ4v) is 5.75. The third kappa shape index (κ3) is 3.41. The molecule has 1 amide bonds. The summed E-state index contributed by atoms with van der Waals surface area (Å²) in [4.78, 5) is 16.5. The molecule has 2 saturated carbocycles. The summed E-state index contributed by atoms with van der Waals surface area (Å²) < 4.78 is 27.0. The first kappa shape index (κ1) is 16.5. The van der Waals surface area contributed by atoms with E-state index in [0.29, 0.717) is 22.7 Å². The molecule has 8 heteroatoms. The first-order chi connectivity index (χ1) is 12.0. The molecule has 2 aliphatic carbocycles. The Bertz CT molecular complexity index is 863. The van der Waals surface area contributed by atoms with Crippen LogP contribution in [0.3, 0.4) is 0 Å². The van der Waals surface area contributed by atoms with Crippen LogP contribution in [0.25, 0.3) is 0 Å². The Balaban J connectivity index is 1.42. The maximum Gasteiger partial charge on any atom is 0.263 e. The number of aromatic nitrogens is 1. The molecule has 2 N–H and O–H groups in total. The van der Waals surface area contributed by atoms with Crippen molar-refractivity contribution in [3.63, 3.8) is 0 Å². The van der Waals surface area contributed by atoms with Crippen molar-refractivity contribution in [1.82, 2.24) is 4.98 Å². The Morgan fingerprint density at radius 1 is 1.16 bits per heavy atom. The molecular formula is C17H19N3O3S2. The van der Waals surface area contributed by atoms with Crippen LogP contribution in [0.2, 0.25) is 0 Å². The molecule has 1 aromatic carbocycles. The van der Waals surface area contributed by atoms with Gasteiger partial charge in [-0.25, -0.2) is 13.4 Å². The summed E-state index contributed by atoms with van der Waals surface area (Å²) in [6, 6.07) is 6.24. The van der Waals surface area contributed by atoms with Gasteiger partial charge < -0.3 is 5.32 Å². The van der Waals surface area contributed by atoms with E-state index in [1.54, 1.807) is 17.5 Å². The van der Waals surface area contributed by atoms with Crippen molar-refractivity contribution in [2.45, 2.75) is 30.6 Å². The predicted molar refractivity (Wildman–Crippen MR) is 96.9 cm³/mol. The minimum Gasteiger partial charge on any atom is -0.326 e. The lowest BCUT2D eigenvalue weighted by Gasteiger charge is -2.20. The quantitative estimate of drug-likeness (QED) is 0.837. The van der Waals surface area contributed by atoms with E-state index < -0.39 is 10.0 Å². The number of carbonyl (C=O) groups excluding carboxylic acids is 1. The van der Waals surface area contributed by atoms with E-state index in [1.807, 2.05) is 0 Å². The monoisotopic (exact) mass is 377 g/mol. The molecule has 3 atom stereocenters. The molecule has 4 rings (SSSR count). The molecule has 0 saturated heterocycles. The van der Waals surface area contributed by atoms with Gasteiger partial charge in [0.15, 0.2) is 5.13 Å². The van der Waals surface area contributed by atoms with E-state index in [9.17, 15) is 13.2 Å². The first-order valence-electron chi connectivity index (χ1n) is 8.34. The normalized spacial score (nSPS) is 25.0. The van der Waals surface area contributed by atoms with E-state index in [1.165, 1.54) is 42.5 Å². The number of benzene rings is 1. The number of sulfonamides is 1. The van der Waals surface area contributed by atoms with Crippen molar-refractivity contribution >= 4 is 38.1 Å². The van der Waals surface area contributed by atoms with Crippen LogP contribution in [0.15, 0.2) is 40.7 Å². The van der Waals surface area contributed by atoms with Gasteiger partial charge in [-0.2, -0.15) is 0 Å². The maximum absolute atomic E-state index is 12.4. The largest absolute Gasteiger partial charge is 0.326 e. The number of carbonyl (C=O) groups is 1. The fraction of sp³-hybridized carbons (Fsp3) is 0.412. The molecule has 2 fully saturated rings. The topological polar surface area (TPSA) is 88.2 Å². The van der Waals surface area contributed by atoms with Crippen molar-refractivity contribution in [1.29, 1.82) is 0 Å². The van der Waals surface area contributed by atoms with Crippen LogP contribution >= 0.6 is 11.3 Å². The number of amides is 1. The second-order valence-electron chi connectivity index (χ2n) is 6.74. The van der Waals surface area contributed by atoms with Crippen molar-refractivity contribution in [2.24, 2.45) is 17.8 Å². The smallest absolute Gasteiger partial charge is 0.263 e. The Morgan fingerprint density at radius 2 is 1.96 bits per heavy atom. The summed E-state index contributed by atoms with van der Waals surface area (Å²) in [7, 11) is -3.67. The van der Waals surface area contributed by atoms with Gasteiger partial charge in [0.05, 0.1) is 4.90 Å². The number of hydrogen-bond acceptors (Lipinski definition) is 5. The van der Waals surface area contributed by atoms with E-state index in [-0.39, 0.29) is 16.7 Å². The van der Waals surface area contributed by atoms with Crippen molar-refractivity contribution in [3.8, 4) is 0 Å². The van der Waals surface area contributed by atoms with E-state index in [2.05, 4.69) is 15.0 Å². The molecule has 0 aliphatic heterocycles. The van der Waals surface area contributed by atoms with Gasteiger partial charge in [0.1, 0.15) is 0 Å². The Labute approximate surface area is 150 Å². The van der Waals surface area contributed by atoms with Crippen LogP contribution in [0.4, 0.5) is 10.8 Å². The van der Waals surface area contributed by atoms with E-state index in [0.717, 1.165) is 12.8 Å². The molecule has 2 aliphatic rings. The van der Waals surface area contributed by atoms with Gasteiger partial charge >= 0.3 is 0 Å². The Hall–Kier alpha value is -1.93. The number of anilines is 2. The summed E-state index contributed by atoms with van der Waals surface area (Å²) >= 11 is 1.22. The number of fused-ring (bicyclic) bond motifs is 2. The summed E-state index contributed by atoms with van der Waals surface area (Å²) in [5, 5.41) is 4.96. The lowest BCUT2D eigenvalue weighted by molar-refractivity contribution is -0.121. The summed E-state index contributed by atoms with van der Waals surface area (Å²) in [5.74, 6) is 1.40. The zero-order chi connectivity index (χ0) is 17.4. The molecule has 132 valence electrons. The number of nitrogens with one attached hydrogen (secondary N) is 2. The molecule has 25 heavy (non-hydrogen) atoms. The Morgan fingerprint density at radius 3 is 2.56 bits per heavy atom. The summed E-state index contributed by atoms with van der Waals surface area (Å²) in [6.45, 7) is 0. The molecular weight excluding hydrogens is 358 g/mol. The fourth-order valence-electron chi connectivity index (χ4n) is 3.97. The van der Waals surface area contributed by atoms with Gasteiger partial charge in [-0.05, 0) is 55.4 Å². The van der Waals surface area contributed by atoms with Crippen LogP contribution in [0.5, 0.6) is 0 Å². The third-order valence-corrected chi connectivity index (χ3v) is 7.33. The maximum atomic E-state index is 12.4. The average Bonchev–Trinajstić information content (AvgIpc) is 3.32. The Kier molecular flexibility index (Phi) is 4.24. The highest BCUT2D eigenvalue weighted by molar-refractivity contribution is 7.93. The van der Waals surface area contributed by atoms with Crippen LogP contribution < -0.4 is 10.0 Å². The molecule has 0 radical (unpaired) electrons. The lowest BCUT2D eigenvalue weighted by Crippen LogP contribution is -2.27. The van der Waals surface area contributed by atoms with Crippen molar-refractivity contribution in [3.05, 3.63) is 35.8 Å². The van der Waals surface area contributed by atoms with Gasteiger partial charge in [-0.15, -0.1) is 11.3 Å². The highest BCUT2D eigenvalue weighted by atomic mass is 32.2. The molecule has 1 aromatic heterocycles. The number of thiazole rings is 1. The minimum absolute atomic E-state index is 0.0590. The second kappa shape index (κ2) is 6.42. The van der Waals surface area contributed by atoms with Crippen LogP contribution in [-0.4, -0.2) is 19.3 Å². The van der Waals surface area contributed by atoms with Gasteiger partial charge in [-0.3, -0.25) is 9.52 Å². The van der Waals surface area contributed by atoms with E-state index >= 15 is 0 Å². The average molecular weight is 377 g/mol. The molecule has 6 nitrogen and oxygen atoms in total. The molecule has 0 spiro atoms.